The van der Waals surface area contributed by atoms with Crippen LogP contribution in [0.25, 0.3) is 22.2 Å². The maximum Gasteiger partial charge on any atom is 0.265 e. The maximum atomic E-state index is 12.3. The molecule has 1 aromatic carbocycles. The highest BCUT2D eigenvalue weighted by molar-refractivity contribution is 5.91. The Morgan fingerprint density at radius 2 is 2.04 bits per heavy atom. The Kier molecular flexibility index (Phi) is 4.78. The molecular weight excluding hydrogens is 354 g/mol. The lowest BCUT2D eigenvalue weighted by molar-refractivity contribution is 0.0995. The molecule has 28 heavy (non-hydrogen) atoms. The van der Waals surface area contributed by atoms with Gasteiger partial charge in [-0.1, -0.05) is 6.07 Å². The molecule has 7 nitrogen and oxygen atoms in total. The Labute approximate surface area is 163 Å². The van der Waals surface area contributed by atoms with Crippen molar-refractivity contribution in [3.05, 3.63) is 58.0 Å². The average Bonchev–Trinajstić information content (AvgIpc) is 3.28. The monoisotopic (exact) mass is 379 g/mol. The molecular formula is C21H25N5O2. The van der Waals surface area contributed by atoms with Crippen molar-refractivity contribution in [1.29, 1.82) is 0 Å². The van der Waals surface area contributed by atoms with Crippen LogP contribution in [-0.4, -0.2) is 58.9 Å². The number of hydrogen-bond acceptors (Lipinski definition) is 4. The number of amides is 1. The number of likely N-dealkylation sites (tertiary alicyclic amines) is 1. The number of fused-ring (bicyclic) bond motifs is 1. The van der Waals surface area contributed by atoms with Crippen LogP contribution in [-0.2, 0) is 6.54 Å². The summed E-state index contributed by atoms with van der Waals surface area (Å²) in [6.07, 6.45) is 1.20. The first-order chi connectivity index (χ1) is 13.4. The lowest BCUT2D eigenvalue weighted by Crippen LogP contribution is -2.31. The predicted octanol–water partition coefficient (Wildman–Crippen LogP) is 1.76. The van der Waals surface area contributed by atoms with E-state index in [1.54, 1.807) is 6.07 Å². The molecule has 0 spiro atoms. The quantitative estimate of drug-likeness (QED) is 0.629. The largest absolute Gasteiger partial charge is 0.364 e. The van der Waals surface area contributed by atoms with Gasteiger partial charge in [-0.15, -0.1) is 0 Å². The second kappa shape index (κ2) is 7.26. The molecule has 4 N–H and O–H groups in total. The average molecular weight is 379 g/mol. The smallest absolute Gasteiger partial charge is 0.265 e. The summed E-state index contributed by atoms with van der Waals surface area (Å²) in [6, 6.07) is 12.1. The lowest BCUT2D eigenvalue weighted by atomic mass is 10.1. The summed E-state index contributed by atoms with van der Waals surface area (Å²) in [6.45, 7) is 3.13. The molecule has 1 atom stereocenters. The fraction of sp³-hybridized carbons (Fsp3) is 0.333. The second-order valence-corrected chi connectivity index (χ2v) is 7.72. The van der Waals surface area contributed by atoms with Crippen LogP contribution in [0.2, 0.25) is 0 Å². The van der Waals surface area contributed by atoms with Crippen LogP contribution in [0.15, 0.2) is 41.2 Å². The lowest BCUT2D eigenvalue weighted by Gasteiger charge is -2.20. The highest BCUT2D eigenvalue weighted by Gasteiger charge is 2.23. The van der Waals surface area contributed by atoms with Gasteiger partial charge in [0.15, 0.2) is 0 Å². The molecule has 0 saturated carbocycles. The van der Waals surface area contributed by atoms with E-state index in [-0.39, 0.29) is 11.3 Å². The summed E-state index contributed by atoms with van der Waals surface area (Å²) >= 11 is 0. The summed E-state index contributed by atoms with van der Waals surface area (Å²) in [7, 11) is 4.28. The summed E-state index contributed by atoms with van der Waals surface area (Å²) in [5.74, 6) is -0.650. The minimum absolute atomic E-state index is 0.105. The molecule has 1 aliphatic heterocycles. The summed E-state index contributed by atoms with van der Waals surface area (Å²) < 4.78 is 0. The molecule has 1 fully saturated rings. The normalized spacial score (nSPS) is 17.6. The molecule has 3 aromatic rings. The molecule has 0 bridgehead atoms. The van der Waals surface area contributed by atoms with Crippen LogP contribution in [0.3, 0.4) is 0 Å². The number of rotatable bonds is 5. The van der Waals surface area contributed by atoms with Crippen LogP contribution in [0, 0.1) is 0 Å². The number of primary amides is 1. The summed E-state index contributed by atoms with van der Waals surface area (Å²) in [5, 5.41) is 1.06. The third-order valence-corrected chi connectivity index (χ3v) is 5.53. The van der Waals surface area contributed by atoms with Crippen molar-refractivity contribution in [3.8, 4) is 11.3 Å². The van der Waals surface area contributed by atoms with E-state index < -0.39 is 5.91 Å². The molecule has 0 aliphatic carbocycles. The fourth-order valence-electron chi connectivity index (χ4n) is 3.89. The predicted molar refractivity (Wildman–Crippen MR) is 110 cm³/mol. The SMILES string of the molecule is CN(C)[C@@H]1CCN(Cc2ccc3[nH]c(-c4ccc(C(N)=O)[nH]c4=O)cc3c2)C1. The highest BCUT2D eigenvalue weighted by atomic mass is 16.1. The van der Waals surface area contributed by atoms with Gasteiger partial charge in [0.2, 0.25) is 0 Å². The molecule has 1 saturated heterocycles. The van der Waals surface area contributed by atoms with E-state index >= 15 is 0 Å². The van der Waals surface area contributed by atoms with E-state index in [4.69, 9.17) is 5.73 Å². The number of nitrogens with zero attached hydrogens (tertiary/aromatic N) is 2. The van der Waals surface area contributed by atoms with Crippen molar-refractivity contribution >= 4 is 16.8 Å². The number of aromatic amines is 2. The zero-order valence-corrected chi connectivity index (χ0v) is 16.2. The number of likely N-dealkylation sites (N-methyl/N-ethyl adjacent to an activating group) is 1. The second-order valence-electron chi connectivity index (χ2n) is 7.72. The number of nitrogens with two attached hydrogens (primary N) is 1. The van der Waals surface area contributed by atoms with Crippen LogP contribution in [0.4, 0.5) is 0 Å². The van der Waals surface area contributed by atoms with Crippen LogP contribution >= 0.6 is 0 Å². The Hall–Kier alpha value is -2.90. The minimum atomic E-state index is -0.650. The molecule has 7 heteroatoms. The maximum absolute atomic E-state index is 12.3. The van der Waals surface area contributed by atoms with Gasteiger partial charge in [-0.2, -0.15) is 0 Å². The molecule has 146 valence electrons. The Morgan fingerprint density at radius 1 is 1.21 bits per heavy atom. The zero-order chi connectivity index (χ0) is 19.8. The Morgan fingerprint density at radius 3 is 2.71 bits per heavy atom. The van der Waals surface area contributed by atoms with Gasteiger partial charge in [0, 0.05) is 36.6 Å². The van der Waals surface area contributed by atoms with Gasteiger partial charge in [-0.3, -0.25) is 14.5 Å². The first-order valence-electron chi connectivity index (χ1n) is 9.44. The molecule has 0 unspecified atom stereocenters. The Balaban J connectivity index is 1.57. The Bertz CT molecular complexity index is 1080. The molecule has 3 heterocycles. The van der Waals surface area contributed by atoms with Crippen LogP contribution in [0.1, 0.15) is 22.5 Å². The molecule has 1 aliphatic rings. The van der Waals surface area contributed by atoms with Crippen molar-refractivity contribution in [2.45, 2.75) is 19.0 Å². The van der Waals surface area contributed by atoms with E-state index in [0.717, 1.165) is 36.2 Å². The molecule has 1 amide bonds. The van der Waals surface area contributed by atoms with E-state index in [1.807, 2.05) is 6.07 Å². The molecule has 0 radical (unpaired) electrons. The van der Waals surface area contributed by atoms with Gasteiger partial charge in [0.05, 0.1) is 11.3 Å². The number of carbonyl (C=O) groups excluding carboxylic acids is 1. The third kappa shape index (κ3) is 3.58. The number of aromatic nitrogens is 2. The number of H-pyrrole nitrogens is 2. The topological polar surface area (TPSA) is 98.2 Å². The van der Waals surface area contributed by atoms with Gasteiger partial charge < -0.3 is 20.6 Å². The van der Waals surface area contributed by atoms with Crippen LogP contribution in [0.5, 0.6) is 0 Å². The van der Waals surface area contributed by atoms with Gasteiger partial charge in [-0.25, -0.2) is 0 Å². The molecule has 4 rings (SSSR count). The number of hydrogen-bond donors (Lipinski definition) is 3. The van der Waals surface area contributed by atoms with Gasteiger partial charge in [-0.05, 0) is 56.4 Å². The van der Waals surface area contributed by atoms with Gasteiger partial charge in [0.1, 0.15) is 5.69 Å². The van der Waals surface area contributed by atoms with E-state index in [0.29, 0.717) is 11.6 Å². The van der Waals surface area contributed by atoms with Crippen molar-refractivity contribution in [2.75, 3.05) is 27.2 Å². The van der Waals surface area contributed by atoms with Crippen molar-refractivity contribution in [1.82, 2.24) is 19.8 Å². The van der Waals surface area contributed by atoms with Gasteiger partial charge >= 0.3 is 0 Å². The van der Waals surface area contributed by atoms with E-state index in [1.165, 1.54) is 18.1 Å². The number of benzene rings is 1. The molecule has 2 aromatic heterocycles. The minimum Gasteiger partial charge on any atom is -0.364 e. The summed E-state index contributed by atoms with van der Waals surface area (Å²) in [5.41, 5.74) is 8.42. The highest BCUT2D eigenvalue weighted by Crippen LogP contribution is 2.24. The van der Waals surface area contributed by atoms with Crippen LogP contribution < -0.4 is 11.3 Å². The standard InChI is InChI=1S/C21H25N5O2/c1-25(2)15-7-8-26(12-15)11-13-3-5-17-14(9-13)10-19(23-17)16-4-6-18(20(22)27)24-21(16)28/h3-6,9-10,15,23H,7-8,11-12H2,1-2H3,(H2,22,27)(H,24,28)/t15-/m1/s1. The van der Waals surface area contributed by atoms with E-state index in [2.05, 4.69) is 52.1 Å². The van der Waals surface area contributed by atoms with Crippen molar-refractivity contribution < 1.29 is 4.79 Å². The fourth-order valence-corrected chi connectivity index (χ4v) is 3.89. The number of carbonyl (C=O) groups is 1. The van der Waals surface area contributed by atoms with E-state index in [9.17, 15) is 9.59 Å². The summed E-state index contributed by atoms with van der Waals surface area (Å²) in [4.78, 5) is 34.1. The van der Waals surface area contributed by atoms with Crippen molar-refractivity contribution in [2.24, 2.45) is 5.73 Å². The number of nitrogens with one attached hydrogen (secondary N) is 2. The third-order valence-electron chi connectivity index (χ3n) is 5.53. The zero-order valence-electron chi connectivity index (χ0n) is 16.2. The number of pyridine rings is 1. The van der Waals surface area contributed by atoms with Crippen molar-refractivity contribution in [3.63, 3.8) is 0 Å². The van der Waals surface area contributed by atoms with Gasteiger partial charge in [0.25, 0.3) is 11.5 Å². The first kappa shape index (κ1) is 18.5. The first-order valence-corrected chi connectivity index (χ1v) is 9.44.